The van der Waals surface area contributed by atoms with Crippen LogP contribution in [0, 0.1) is 22.7 Å². The van der Waals surface area contributed by atoms with Crippen molar-refractivity contribution in [3.63, 3.8) is 0 Å². The number of carbonyl (C=O) groups is 2. The Bertz CT molecular complexity index is 4860. The van der Waals surface area contributed by atoms with Gasteiger partial charge in [0.05, 0.1) is 6.61 Å². The van der Waals surface area contributed by atoms with E-state index in [1.807, 2.05) is 111 Å². The Morgan fingerprint density at radius 1 is 0.748 bits per heavy atom. The number of H-pyrrole nitrogens is 1. The third-order valence-corrected chi connectivity index (χ3v) is 24.8. The first-order valence-corrected chi connectivity index (χ1v) is 42.5. The molecule has 5 heterocycles. The van der Waals surface area contributed by atoms with Crippen molar-refractivity contribution in [1.82, 2.24) is 49.9 Å². The number of amidine groups is 1. The molecular weight excluding hydrogens is 1570 g/mol. The minimum absolute atomic E-state index is 0.0112. The summed E-state index contributed by atoms with van der Waals surface area (Å²) in [5.41, 5.74) is 9.74. The van der Waals surface area contributed by atoms with Gasteiger partial charge in [-0.2, -0.15) is 0 Å². The number of nitrogens with one attached hydrogen (secondary N) is 5. The zero-order valence-electron chi connectivity index (χ0n) is 66.9. The molecule has 632 valence electrons. The average Bonchev–Trinajstić information content (AvgIpc) is 1.64. The Kier molecular flexibility index (Phi) is 30.0. The molecule has 0 spiro atoms. The molecule has 0 bridgehead atoms. The first-order valence-electron chi connectivity index (χ1n) is 39.7. The van der Waals surface area contributed by atoms with Crippen LogP contribution >= 0.6 is 16.7 Å². The van der Waals surface area contributed by atoms with Crippen molar-refractivity contribution < 1.29 is 85.9 Å². The van der Waals surface area contributed by atoms with Crippen molar-refractivity contribution in [2.75, 3.05) is 72.2 Å². The number of amides is 2. The number of anilines is 1. The van der Waals surface area contributed by atoms with Gasteiger partial charge in [0.15, 0.2) is 0 Å². The van der Waals surface area contributed by atoms with Crippen LogP contribution in [0.5, 0.6) is 11.5 Å². The van der Waals surface area contributed by atoms with Gasteiger partial charge in [-0.05, 0) is 62.1 Å². The molecule has 3 aliphatic heterocycles. The van der Waals surface area contributed by atoms with Gasteiger partial charge in [-0.25, -0.2) is 4.79 Å². The SMILES string of the molecule is COc1ccc(OC[C@H]2O[C@@H](n3cnc4c(=O)[nH]c(NC(O)CCNC(O)c5ccc(CNC(O)OCC6c7ccccc7-c7ccccc76)cc5)nc43)CC2O[PH](O)(OCCC#N)OC[C@H]2O[C@@H](N3C=CC(NC(=O)CCCN(C)C(=O)OCC4c5ccccc5-c5ccccc54)=NC3O)CC2OP(OCCC#N)N(C(C)C)C(C)C)cc1. The van der Waals surface area contributed by atoms with E-state index >= 15 is 0 Å². The molecule has 119 heavy (non-hydrogen) atoms. The van der Waals surface area contributed by atoms with Crippen molar-refractivity contribution >= 4 is 51.6 Å². The number of hydrogen-bond donors (Lipinski definition) is 10. The average molecular weight is 1670 g/mol. The molecular formula is C84H102N14O19P2. The third kappa shape index (κ3) is 21.9. The van der Waals surface area contributed by atoms with Crippen LogP contribution in [0.1, 0.15) is 130 Å². The van der Waals surface area contributed by atoms with Gasteiger partial charge < -0.3 is 24.6 Å². The normalized spacial score (nSPS) is 20.0. The number of benzene rings is 6. The number of aromatic amines is 1. The summed E-state index contributed by atoms with van der Waals surface area (Å²) in [6.07, 6.45) is -7.31. The van der Waals surface area contributed by atoms with Gasteiger partial charge in [0.25, 0.3) is 0 Å². The van der Waals surface area contributed by atoms with Gasteiger partial charge in [-0.15, -0.1) is 0 Å². The topological polar surface area (TPSA) is 418 Å². The number of aliphatic hydroxyl groups is 4. The Morgan fingerprint density at radius 3 is 1.98 bits per heavy atom. The zero-order chi connectivity index (χ0) is 83.7. The second-order valence-electron chi connectivity index (χ2n) is 29.7. The van der Waals surface area contributed by atoms with Crippen molar-refractivity contribution in [1.29, 1.82) is 10.5 Å². The molecule has 5 aliphatic rings. The van der Waals surface area contributed by atoms with Gasteiger partial charge in [-0.1, -0.05) is 121 Å². The van der Waals surface area contributed by atoms with E-state index in [1.54, 1.807) is 43.4 Å². The van der Waals surface area contributed by atoms with E-state index in [9.17, 15) is 50.2 Å². The standard InChI is InChI=1S/C84H102N14O19P2/c1-52(2)98(53(3)4)118(111-42-16-37-85)116-68-44-75(96-41-36-72(91-82(96)103)90-73(99)26-15-40-95(5)84(105)110-48-67-64-24-13-9-20-60(64)61-21-10-14-25-65(61)67)115-71(68)50-113-119(106,112-43-17-38-86)117-69-45-76(114-70(69)49-108-57-33-31-56(107-6)32-34-57)97-51-89-77-78(97)93-81(94-80(77)102)92-74(100)35-39-87-79(101)55-29-27-54(28-30-55)46-88-83(104)109-47-66-62-22-11-7-18-58(62)59-19-8-12-23-63(59)66/h7-14,18-25,27-34,36,41,51-53,66-71,74-76,79,82-83,87-88,100-101,103-104,106,119H,15-17,26,35,39-40,42-50H2,1-6H3,(H,90,91,99)(H2,92,93,94,102)/t68?,69?,70-,71-,74?,75-,76-,79?,82?,83?,118?/m1/s1. The van der Waals surface area contributed by atoms with Crippen molar-refractivity contribution in [2.45, 2.75) is 165 Å². The van der Waals surface area contributed by atoms with Crippen LogP contribution in [0.4, 0.5) is 10.7 Å². The van der Waals surface area contributed by atoms with E-state index in [-0.39, 0.29) is 138 Å². The molecule has 13 rings (SSSR count). The van der Waals surface area contributed by atoms with Gasteiger partial charge >= 0.3 is 413 Å². The summed E-state index contributed by atoms with van der Waals surface area (Å²) in [6.45, 7) is 8.02. The maximum absolute atomic E-state index is 13.8. The summed E-state index contributed by atoms with van der Waals surface area (Å²) in [5.74, 6) is 0.406. The van der Waals surface area contributed by atoms with E-state index in [2.05, 4.69) is 83.7 Å². The molecule has 33 nitrogen and oxygen atoms in total. The number of imidazole rings is 1. The Labute approximate surface area is 691 Å². The molecule has 2 aromatic heterocycles. The fourth-order valence-electron chi connectivity index (χ4n) is 15.1. The van der Waals surface area contributed by atoms with Crippen molar-refractivity contribution in [2.24, 2.45) is 4.99 Å². The molecule has 35 heteroatoms. The molecule has 0 radical (unpaired) electrons. The predicted molar refractivity (Wildman–Crippen MR) is 442 cm³/mol. The molecule has 2 saturated heterocycles. The van der Waals surface area contributed by atoms with Gasteiger partial charge in [-0.3, -0.25) is 10.6 Å². The fraction of sp³-hybridized carbons (Fsp3) is 0.429. The summed E-state index contributed by atoms with van der Waals surface area (Å²) in [5, 5.41) is 75.9. The number of hydrogen-bond acceptors (Lipinski definition) is 29. The minimum atomic E-state index is -5.00. The monoisotopic (exact) mass is 1670 g/mol. The van der Waals surface area contributed by atoms with E-state index in [0.717, 1.165) is 50.1 Å². The van der Waals surface area contributed by atoms with Crippen LogP contribution in [0.3, 0.4) is 0 Å². The number of methoxy groups -OCH3 is 1. The number of aliphatic hydroxyl groups excluding tert-OH is 4. The molecule has 10 N–H and O–H groups in total. The molecule has 0 saturated carbocycles. The van der Waals surface area contributed by atoms with Gasteiger partial charge in [0, 0.05) is 32.0 Å². The van der Waals surface area contributed by atoms with Crippen LogP contribution in [0.15, 0.2) is 174 Å². The second kappa shape index (κ2) is 41.0. The van der Waals surface area contributed by atoms with E-state index < -0.39 is 103 Å². The number of aromatic nitrogens is 4. The van der Waals surface area contributed by atoms with Crippen LogP contribution < -0.4 is 36.3 Å². The molecule has 6 aromatic carbocycles. The van der Waals surface area contributed by atoms with E-state index in [4.69, 9.17) is 51.0 Å². The third-order valence-electron chi connectivity index (χ3n) is 21.0. The zero-order valence-corrected chi connectivity index (χ0v) is 68.8. The van der Waals surface area contributed by atoms with Crippen LogP contribution in [0.25, 0.3) is 33.4 Å². The number of nitrogens with zero attached hydrogens (tertiary/aromatic N) is 9. The fourth-order valence-corrected chi connectivity index (χ4v) is 18.5. The second-order valence-corrected chi connectivity index (χ2v) is 33.0. The Hall–Kier alpha value is -9.78. The summed E-state index contributed by atoms with van der Waals surface area (Å²) in [4.78, 5) is 72.1. The number of carbonyl (C=O) groups excluding carboxylic acids is 2. The maximum atomic E-state index is 13.8. The predicted octanol–water partition coefficient (Wildman–Crippen LogP) is 9.88. The molecule has 2 aliphatic carbocycles. The quantitative estimate of drug-likeness (QED) is 0.00967. The van der Waals surface area contributed by atoms with E-state index in [1.165, 1.54) is 40.1 Å². The number of fused-ring (bicyclic) bond motifs is 7. The molecule has 11 atom stereocenters. The van der Waals surface area contributed by atoms with Crippen molar-refractivity contribution in [3.05, 3.63) is 208 Å². The van der Waals surface area contributed by atoms with E-state index in [0.29, 0.717) is 23.5 Å². The molecule has 8 aromatic rings. The molecule has 7 unspecified atom stereocenters. The first-order chi connectivity index (χ1) is 57.6. The Morgan fingerprint density at radius 2 is 1.35 bits per heavy atom. The number of aliphatic imine (C=N–C) groups is 1. The summed E-state index contributed by atoms with van der Waals surface area (Å²) in [6, 6.07) is 50.4. The van der Waals surface area contributed by atoms with Crippen LogP contribution in [0.2, 0.25) is 0 Å². The Balaban J connectivity index is 0.640. The first kappa shape index (κ1) is 87.0. The molecule has 2 fully saturated rings. The number of nitriles is 2. The van der Waals surface area contributed by atoms with Gasteiger partial charge in [0.2, 0.25) is 6.41 Å². The van der Waals surface area contributed by atoms with Crippen molar-refractivity contribution in [3.8, 4) is 45.9 Å². The number of ether oxygens (including phenoxy) is 6. The summed E-state index contributed by atoms with van der Waals surface area (Å²) in [7, 11) is -3.78. The summed E-state index contributed by atoms with van der Waals surface area (Å²) >= 11 is 0. The number of rotatable bonds is 41. The van der Waals surface area contributed by atoms with Crippen LogP contribution in [-0.4, -0.2) is 206 Å². The summed E-state index contributed by atoms with van der Waals surface area (Å²) < 4.78 is 72.7. The van der Waals surface area contributed by atoms with Crippen LogP contribution in [-0.2, 0) is 52.9 Å². The van der Waals surface area contributed by atoms with Gasteiger partial charge in [0.1, 0.15) is 12.8 Å². The molecule has 2 amide bonds.